The summed E-state index contributed by atoms with van der Waals surface area (Å²) in [7, 11) is 0. The number of carbonyl (C=O) groups excluding carboxylic acids is 1. The van der Waals surface area contributed by atoms with Gasteiger partial charge in [-0.15, -0.1) is 11.3 Å². The van der Waals surface area contributed by atoms with Crippen molar-refractivity contribution in [3.05, 3.63) is 107 Å². The lowest BCUT2D eigenvalue weighted by molar-refractivity contribution is -0.141. The number of aromatic nitrogens is 5. The molecular weight excluding hydrogens is 551 g/mol. The van der Waals surface area contributed by atoms with Gasteiger partial charge in [0.2, 0.25) is 0 Å². The highest BCUT2D eigenvalue weighted by Crippen LogP contribution is 2.34. The molecule has 41 heavy (non-hydrogen) atoms. The maximum atomic E-state index is 13.2. The van der Waals surface area contributed by atoms with Crippen LogP contribution < -0.4 is 10.6 Å². The molecule has 0 saturated heterocycles. The molecule has 0 atom stereocenters. The zero-order valence-corrected chi connectivity index (χ0v) is 22.1. The Labute approximate surface area is 235 Å². The Bertz CT molecular complexity index is 1830. The highest BCUT2D eigenvalue weighted by atomic mass is 32.1. The number of carbonyl (C=O) groups is 1. The lowest BCUT2D eigenvalue weighted by atomic mass is 9.99. The number of hydrogen-bond donors (Lipinski definition) is 4. The Morgan fingerprint density at radius 3 is 2.54 bits per heavy atom. The van der Waals surface area contributed by atoms with Crippen LogP contribution in [0.2, 0.25) is 0 Å². The van der Waals surface area contributed by atoms with Gasteiger partial charge < -0.3 is 10.6 Å². The van der Waals surface area contributed by atoms with E-state index in [1.807, 2.05) is 42.5 Å². The van der Waals surface area contributed by atoms with Crippen molar-refractivity contribution in [2.24, 2.45) is 0 Å². The number of aromatic amines is 2. The maximum Gasteiger partial charge on any atom is 0.435 e. The minimum Gasteiger partial charge on any atom is -0.320 e. The van der Waals surface area contributed by atoms with Gasteiger partial charge >= 0.3 is 6.18 Å². The summed E-state index contributed by atoms with van der Waals surface area (Å²) >= 11 is 1.04. The SMILES string of the molecule is O=C(Nc1cc2[nH]ncc2cc1-c1cccc(CNCc2ccccc2)c1)c1csc(-c2cc(C(F)(F)F)n[nH]2)n1. The largest absolute Gasteiger partial charge is 0.435 e. The first-order valence-electron chi connectivity index (χ1n) is 12.5. The first kappa shape index (κ1) is 26.4. The summed E-state index contributed by atoms with van der Waals surface area (Å²) < 4.78 is 38.8. The van der Waals surface area contributed by atoms with Crippen LogP contribution in [0.25, 0.3) is 32.7 Å². The van der Waals surface area contributed by atoms with Gasteiger partial charge in [0.1, 0.15) is 10.7 Å². The average molecular weight is 574 g/mol. The highest BCUT2D eigenvalue weighted by Gasteiger charge is 2.34. The van der Waals surface area contributed by atoms with Gasteiger partial charge in [0.05, 0.1) is 23.1 Å². The zero-order valence-electron chi connectivity index (χ0n) is 21.3. The standard InChI is InChI=1S/C29H22F3N7OS/c30-29(31,32)26-12-24(38-39-26)28-36-25(16-41-28)27(40)35-23-11-22-20(15-34-37-22)10-21(23)19-8-4-7-18(9-19)14-33-13-17-5-2-1-3-6-17/h1-12,15-16,33H,13-14H2,(H,34,37)(H,35,40)(H,38,39). The normalized spacial score (nSPS) is 11.7. The van der Waals surface area contributed by atoms with E-state index in [0.717, 1.165) is 51.5 Å². The van der Waals surface area contributed by atoms with Gasteiger partial charge in [0, 0.05) is 29.4 Å². The van der Waals surface area contributed by atoms with Crippen molar-refractivity contribution in [3.8, 4) is 21.8 Å². The molecule has 3 aromatic heterocycles. The van der Waals surface area contributed by atoms with Crippen molar-refractivity contribution in [3.63, 3.8) is 0 Å². The van der Waals surface area contributed by atoms with Gasteiger partial charge in [-0.05, 0) is 41.0 Å². The minimum atomic E-state index is -4.58. The monoisotopic (exact) mass is 573 g/mol. The van der Waals surface area contributed by atoms with Crippen molar-refractivity contribution >= 4 is 33.8 Å². The van der Waals surface area contributed by atoms with Gasteiger partial charge in [-0.3, -0.25) is 15.0 Å². The number of H-pyrrole nitrogens is 2. The van der Waals surface area contributed by atoms with Crippen molar-refractivity contribution in [2.75, 3.05) is 5.32 Å². The summed E-state index contributed by atoms with van der Waals surface area (Å²) in [4.78, 5) is 17.5. The highest BCUT2D eigenvalue weighted by molar-refractivity contribution is 7.13. The molecular formula is C29H22F3N7OS. The number of nitrogens with zero attached hydrogens (tertiary/aromatic N) is 3. The fourth-order valence-corrected chi connectivity index (χ4v) is 5.16. The summed E-state index contributed by atoms with van der Waals surface area (Å²) in [5.41, 5.74) is 4.33. The van der Waals surface area contributed by atoms with Crippen LogP contribution in [0.4, 0.5) is 18.9 Å². The molecule has 6 rings (SSSR count). The van der Waals surface area contributed by atoms with Crippen LogP contribution in [-0.2, 0) is 19.3 Å². The molecule has 0 radical (unpaired) electrons. The lowest BCUT2D eigenvalue weighted by Gasteiger charge is -2.13. The molecule has 4 N–H and O–H groups in total. The van der Waals surface area contributed by atoms with Crippen LogP contribution in [0.5, 0.6) is 0 Å². The van der Waals surface area contributed by atoms with Crippen LogP contribution in [0, 0.1) is 0 Å². The van der Waals surface area contributed by atoms with Crippen LogP contribution >= 0.6 is 11.3 Å². The number of amides is 1. The minimum absolute atomic E-state index is 0.0719. The van der Waals surface area contributed by atoms with E-state index in [9.17, 15) is 18.0 Å². The summed E-state index contributed by atoms with van der Waals surface area (Å²) in [6, 6.07) is 22.8. The Balaban J connectivity index is 1.24. The van der Waals surface area contributed by atoms with E-state index >= 15 is 0 Å². The Morgan fingerprint density at radius 1 is 0.927 bits per heavy atom. The summed E-state index contributed by atoms with van der Waals surface area (Å²) in [5.74, 6) is -0.496. The number of nitrogens with one attached hydrogen (secondary N) is 4. The molecule has 12 heteroatoms. The topological polar surface area (TPSA) is 111 Å². The second kappa shape index (κ2) is 11.0. The second-order valence-corrected chi connectivity index (χ2v) is 10.2. The molecule has 0 bridgehead atoms. The van der Waals surface area contributed by atoms with Gasteiger partial charge in [0.25, 0.3) is 5.91 Å². The summed E-state index contributed by atoms with van der Waals surface area (Å²) in [6.07, 6.45) is -2.87. The van der Waals surface area contributed by atoms with Crippen molar-refractivity contribution < 1.29 is 18.0 Å². The van der Waals surface area contributed by atoms with E-state index < -0.39 is 17.8 Å². The van der Waals surface area contributed by atoms with E-state index in [2.05, 4.69) is 54.2 Å². The van der Waals surface area contributed by atoms with Gasteiger partial charge in [-0.1, -0.05) is 48.5 Å². The fourth-order valence-electron chi connectivity index (χ4n) is 4.39. The van der Waals surface area contributed by atoms with E-state index in [1.165, 1.54) is 10.9 Å². The predicted molar refractivity (Wildman–Crippen MR) is 151 cm³/mol. The molecule has 0 fully saturated rings. The molecule has 6 aromatic rings. The molecule has 0 aliphatic rings. The van der Waals surface area contributed by atoms with E-state index in [0.29, 0.717) is 12.2 Å². The number of halogens is 3. The molecule has 0 aliphatic carbocycles. The molecule has 8 nitrogen and oxygen atoms in total. The van der Waals surface area contributed by atoms with Gasteiger partial charge in [-0.25, -0.2) is 4.98 Å². The second-order valence-electron chi connectivity index (χ2n) is 9.30. The quantitative estimate of drug-likeness (QED) is 0.163. The smallest absolute Gasteiger partial charge is 0.320 e. The Hall–Kier alpha value is -4.81. The predicted octanol–water partition coefficient (Wildman–Crippen LogP) is 6.64. The van der Waals surface area contributed by atoms with Gasteiger partial charge in [0.15, 0.2) is 5.69 Å². The molecule has 0 saturated carbocycles. The molecule has 3 aromatic carbocycles. The summed E-state index contributed by atoms with van der Waals surface area (Å²) in [5, 5.41) is 21.6. The van der Waals surface area contributed by atoms with E-state index in [4.69, 9.17) is 0 Å². The Kier molecular flexibility index (Phi) is 7.08. The Morgan fingerprint density at radius 2 is 1.73 bits per heavy atom. The van der Waals surface area contributed by atoms with Crippen LogP contribution in [0.3, 0.4) is 0 Å². The van der Waals surface area contributed by atoms with E-state index in [-0.39, 0.29) is 16.4 Å². The molecule has 0 spiro atoms. The first-order valence-corrected chi connectivity index (χ1v) is 13.4. The molecule has 3 heterocycles. The number of fused-ring (bicyclic) bond motifs is 1. The third-order valence-corrected chi connectivity index (χ3v) is 7.28. The number of hydrogen-bond acceptors (Lipinski definition) is 6. The number of rotatable bonds is 8. The third kappa shape index (κ3) is 5.88. The maximum absolute atomic E-state index is 13.2. The lowest BCUT2D eigenvalue weighted by Crippen LogP contribution is -2.13. The van der Waals surface area contributed by atoms with Crippen molar-refractivity contribution in [1.82, 2.24) is 30.7 Å². The molecule has 206 valence electrons. The van der Waals surface area contributed by atoms with Crippen molar-refractivity contribution in [1.29, 1.82) is 0 Å². The fraction of sp³-hybridized carbons (Fsp3) is 0.103. The first-order chi connectivity index (χ1) is 19.8. The number of thiazole rings is 1. The molecule has 1 amide bonds. The van der Waals surface area contributed by atoms with Crippen LogP contribution in [-0.4, -0.2) is 31.3 Å². The van der Waals surface area contributed by atoms with Gasteiger partial charge in [-0.2, -0.15) is 23.4 Å². The van der Waals surface area contributed by atoms with Crippen LogP contribution in [0.15, 0.2) is 84.4 Å². The molecule has 0 aliphatic heterocycles. The number of benzene rings is 3. The molecule has 0 unspecified atom stereocenters. The number of alkyl halides is 3. The number of anilines is 1. The zero-order chi connectivity index (χ0) is 28.4. The van der Waals surface area contributed by atoms with E-state index in [1.54, 1.807) is 12.3 Å². The average Bonchev–Trinajstić information content (AvgIpc) is 3.74. The van der Waals surface area contributed by atoms with Crippen LogP contribution in [0.1, 0.15) is 27.3 Å². The summed E-state index contributed by atoms with van der Waals surface area (Å²) in [6.45, 7) is 1.39. The third-order valence-electron chi connectivity index (χ3n) is 6.40. The van der Waals surface area contributed by atoms with Crippen molar-refractivity contribution in [2.45, 2.75) is 19.3 Å².